The van der Waals surface area contributed by atoms with Crippen molar-refractivity contribution in [1.82, 2.24) is 25.1 Å². The number of hydrogen-bond acceptors (Lipinski definition) is 7. The highest BCUT2D eigenvalue weighted by molar-refractivity contribution is 6.03. The third-order valence-corrected chi connectivity index (χ3v) is 4.95. The quantitative estimate of drug-likeness (QED) is 0.539. The molecule has 0 bridgehead atoms. The van der Waals surface area contributed by atoms with Crippen LogP contribution in [0.15, 0.2) is 53.9 Å². The highest BCUT2D eigenvalue weighted by Gasteiger charge is 2.28. The number of rotatable bonds is 4. The number of nitrogens with zero attached hydrogens (tertiary/aromatic N) is 5. The van der Waals surface area contributed by atoms with Gasteiger partial charge in [0.2, 0.25) is 0 Å². The van der Waals surface area contributed by atoms with Crippen LogP contribution in [-0.4, -0.2) is 31.1 Å². The lowest BCUT2D eigenvalue weighted by atomic mass is 10.0. The van der Waals surface area contributed by atoms with Gasteiger partial charge in [0.15, 0.2) is 17.2 Å². The Hall–Kier alpha value is -3.59. The van der Waals surface area contributed by atoms with Crippen molar-refractivity contribution in [3.05, 3.63) is 65.9 Å². The van der Waals surface area contributed by atoms with E-state index in [2.05, 4.69) is 25.9 Å². The minimum Gasteiger partial charge on any atom is -0.363 e. The third kappa shape index (κ3) is 3.22. The van der Waals surface area contributed by atoms with Crippen molar-refractivity contribution >= 4 is 28.2 Å². The Kier molecular flexibility index (Phi) is 4.14. The molecule has 0 fully saturated rings. The Bertz CT molecular complexity index is 1300. The fourth-order valence-electron chi connectivity index (χ4n) is 3.55. The smallest absolute Gasteiger partial charge is 0.182 e. The van der Waals surface area contributed by atoms with Crippen LogP contribution in [0, 0.1) is 5.82 Å². The Labute approximate surface area is 171 Å². The maximum Gasteiger partial charge on any atom is 0.182 e. The second-order valence-corrected chi connectivity index (χ2v) is 7.68. The van der Waals surface area contributed by atoms with Gasteiger partial charge in [-0.15, -0.1) is 0 Å². The standard InChI is InChI=1S/C21H20FN7O/c1-12(15-9-13(22)10-17-14(15)5-4-7-23-17)25-18-6-8-29-20(26-18)16(11-24-29)19-27-21(2,3)30-28-19/h4-12H,1-3H3,(H,25,26)(H,27,28)/t12-/m1/s1. The first-order chi connectivity index (χ1) is 14.4. The van der Waals surface area contributed by atoms with Crippen molar-refractivity contribution in [3.63, 3.8) is 0 Å². The second kappa shape index (κ2) is 6.74. The average molecular weight is 405 g/mol. The van der Waals surface area contributed by atoms with Crippen molar-refractivity contribution < 1.29 is 9.23 Å². The van der Waals surface area contributed by atoms with Gasteiger partial charge < -0.3 is 5.32 Å². The van der Waals surface area contributed by atoms with Crippen LogP contribution in [-0.2, 0) is 4.84 Å². The molecule has 0 amide bonds. The first kappa shape index (κ1) is 18.4. The highest BCUT2D eigenvalue weighted by Crippen LogP contribution is 2.27. The summed E-state index contributed by atoms with van der Waals surface area (Å²) in [7, 11) is 0. The molecule has 152 valence electrons. The van der Waals surface area contributed by atoms with E-state index in [1.165, 1.54) is 12.1 Å². The van der Waals surface area contributed by atoms with E-state index in [9.17, 15) is 4.39 Å². The molecule has 0 unspecified atom stereocenters. The van der Waals surface area contributed by atoms with Gasteiger partial charge in [-0.3, -0.25) is 4.98 Å². The topological polar surface area (TPSA) is 88.7 Å². The van der Waals surface area contributed by atoms with E-state index in [-0.39, 0.29) is 11.9 Å². The van der Waals surface area contributed by atoms with Gasteiger partial charge in [-0.2, -0.15) is 5.10 Å². The molecule has 0 radical (unpaired) electrons. The maximum atomic E-state index is 14.1. The van der Waals surface area contributed by atoms with E-state index in [0.29, 0.717) is 22.8 Å². The minimum atomic E-state index is -0.652. The molecule has 5 rings (SSSR count). The van der Waals surface area contributed by atoms with Crippen molar-refractivity contribution in [3.8, 4) is 0 Å². The number of amidine groups is 1. The number of hydroxylamine groups is 1. The lowest BCUT2D eigenvalue weighted by molar-refractivity contribution is -0.0269. The molecule has 8 nitrogen and oxygen atoms in total. The fraction of sp³-hybridized carbons (Fsp3) is 0.238. The van der Waals surface area contributed by atoms with Gasteiger partial charge in [0, 0.05) is 23.8 Å². The first-order valence-electron chi connectivity index (χ1n) is 9.59. The Morgan fingerprint density at radius 2 is 2.13 bits per heavy atom. The number of hydrogen-bond donors (Lipinski definition) is 2. The summed E-state index contributed by atoms with van der Waals surface area (Å²) in [6, 6.07) is 8.38. The third-order valence-electron chi connectivity index (χ3n) is 4.95. The lowest BCUT2D eigenvalue weighted by Crippen LogP contribution is -2.23. The number of aliphatic imine (C=N–C) groups is 1. The van der Waals surface area contributed by atoms with Gasteiger partial charge >= 0.3 is 0 Å². The molecular weight excluding hydrogens is 385 g/mol. The van der Waals surface area contributed by atoms with Crippen molar-refractivity contribution in [2.75, 3.05) is 5.32 Å². The zero-order valence-corrected chi connectivity index (χ0v) is 16.7. The molecule has 1 aliphatic rings. The minimum absolute atomic E-state index is 0.196. The molecule has 1 aromatic carbocycles. The van der Waals surface area contributed by atoms with E-state index < -0.39 is 5.72 Å². The monoisotopic (exact) mass is 405 g/mol. The Balaban J connectivity index is 1.50. The van der Waals surface area contributed by atoms with Crippen LogP contribution in [0.2, 0.25) is 0 Å². The van der Waals surface area contributed by atoms with Crippen LogP contribution in [0.25, 0.3) is 16.6 Å². The van der Waals surface area contributed by atoms with E-state index in [4.69, 9.17) is 9.82 Å². The Morgan fingerprint density at radius 1 is 1.27 bits per heavy atom. The summed E-state index contributed by atoms with van der Waals surface area (Å²) in [5.74, 6) is 0.894. The van der Waals surface area contributed by atoms with Crippen LogP contribution in [0.1, 0.15) is 37.9 Å². The molecule has 0 aliphatic carbocycles. The van der Waals surface area contributed by atoms with Crippen LogP contribution in [0.5, 0.6) is 0 Å². The van der Waals surface area contributed by atoms with E-state index in [1.54, 1.807) is 16.9 Å². The fourth-order valence-corrected chi connectivity index (χ4v) is 3.55. The summed E-state index contributed by atoms with van der Waals surface area (Å²) in [6.07, 6.45) is 5.16. The molecule has 4 heterocycles. The molecule has 1 aliphatic heterocycles. The number of pyridine rings is 1. The van der Waals surface area contributed by atoms with Crippen LogP contribution in [0.4, 0.5) is 10.2 Å². The zero-order valence-electron chi connectivity index (χ0n) is 16.7. The van der Waals surface area contributed by atoms with Crippen LogP contribution in [0.3, 0.4) is 0 Å². The molecule has 9 heteroatoms. The number of anilines is 1. The number of fused-ring (bicyclic) bond motifs is 2. The molecule has 0 saturated heterocycles. The molecule has 4 aromatic rings. The number of halogens is 1. The SMILES string of the molecule is C[C@@H](Nc1ccn2ncc(C3=NC(C)(C)ON3)c2n1)c1cc(F)cc2ncccc12. The van der Waals surface area contributed by atoms with Gasteiger partial charge in [-0.05, 0) is 44.5 Å². The zero-order chi connectivity index (χ0) is 20.9. The Morgan fingerprint density at radius 3 is 2.93 bits per heavy atom. The van der Waals surface area contributed by atoms with Crippen molar-refractivity contribution in [2.45, 2.75) is 32.5 Å². The van der Waals surface area contributed by atoms with Crippen molar-refractivity contribution in [2.24, 2.45) is 4.99 Å². The normalized spacial score (nSPS) is 16.5. The summed E-state index contributed by atoms with van der Waals surface area (Å²) in [6.45, 7) is 5.68. The number of nitrogens with one attached hydrogen (secondary N) is 2. The van der Waals surface area contributed by atoms with E-state index in [1.807, 2.05) is 45.2 Å². The molecule has 2 N–H and O–H groups in total. The summed E-state index contributed by atoms with van der Waals surface area (Å²) < 4.78 is 15.8. The maximum absolute atomic E-state index is 14.1. The van der Waals surface area contributed by atoms with Gasteiger partial charge in [0.05, 0.1) is 23.3 Å². The molecular formula is C21H20FN7O. The summed E-state index contributed by atoms with van der Waals surface area (Å²) in [5.41, 5.74) is 4.98. The summed E-state index contributed by atoms with van der Waals surface area (Å²) in [5, 5.41) is 8.59. The van der Waals surface area contributed by atoms with Crippen LogP contribution < -0.4 is 10.8 Å². The second-order valence-electron chi connectivity index (χ2n) is 7.68. The van der Waals surface area contributed by atoms with Crippen molar-refractivity contribution in [1.29, 1.82) is 0 Å². The largest absolute Gasteiger partial charge is 0.363 e. The van der Waals surface area contributed by atoms with Gasteiger partial charge in [0.25, 0.3) is 0 Å². The summed E-state index contributed by atoms with van der Waals surface area (Å²) >= 11 is 0. The predicted molar refractivity (Wildman–Crippen MR) is 112 cm³/mol. The lowest BCUT2D eigenvalue weighted by Gasteiger charge is -2.17. The first-order valence-corrected chi connectivity index (χ1v) is 9.59. The average Bonchev–Trinajstić information content (AvgIpc) is 3.29. The van der Waals surface area contributed by atoms with Crippen LogP contribution >= 0.6 is 0 Å². The van der Waals surface area contributed by atoms with Gasteiger partial charge in [0.1, 0.15) is 11.6 Å². The predicted octanol–water partition coefficient (Wildman–Crippen LogP) is 3.61. The van der Waals surface area contributed by atoms with E-state index in [0.717, 1.165) is 16.5 Å². The number of aromatic nitrogens is 4. The molecule has 1 atom stereocenters. The molecule has 0 spiro atoms. The molecule has 30 heavy (non-hydrogen) atoms. The van der Waals surface area contributed by atoms with E-state index >= 15 is 0 Å². The van der Waals surface area contributed by atoms with Gasteiger partial charge in [-0.25, -0.2) is 29.2 Å². The summed E-state index contributed by atoms with van der Waals surface area (Å²) in [4.78, 5) is 18.9. The van der Waals surface area contributed by atoms with Gasteiger partial charge in [-0.1, -0.05) is 6.07 Å². The molecule has 3 aromatic heterocycles. The molecule has 0 saturated carbocycles. The highest BCUT2D eigenvalue weighted by atomic mass is 19.1. The number of benzene rings is 1.